The minimum Gasteiger partial charge on any atom is -0.399 e. The number of hydrogen-bond donors (Lipinski definition) is 1. The molecule has 0 aliphatic heterocycles. The molecule has 1 aliphatic carbocycles. The second-order valence-corrected chi connectivity index (χ2v) is 5.70. The standard InChI is InChI=1S/C18H21NO/c19-18-8-6-16(7-9-18)17-10-15(11-17)13-20-12-14-4-2-1-3-5-14/h1-9,15,17H,10-13,19H2. The van der Waals surface area contributed by atoms with Crippen LogP contribution in [-0.2, 0) is 11.3 Å². The highest BCUT2D eigenvalue weighted by atomic mass is 16.5. The lowest BCUT2D eigenvalue weighted by atomic mass is 9.72. The van der Waals surface area contributed by atoms with Gasteiger partial charge in [0, 0.05) is 12.3 Å². The molecule has 0 heterocycles. The van der Waals surface area contributed by atoms with Gasteiger partial charge in [-0.1, -0.05) is 42.5 Å². The molecule has 0 aromatic heterocycles. The van der Waals surface area contributed by atoms with E-state index in [1.54, 1.807) is 0 Å². The van der Waals surface area contributed by atoms with Crippen LogP contribution < -0.4 is 5.73 Å². The first kappa shape index (κ1) is 13.2. The molecule has 2 N–H and O–H groups in total. The van der Waals surface area contributed by atoms with E-state index < -0.39 is 0 Å². The highest BCUT2D eigenvalue weighted by Gasteiger charge is 2.30. The van der Waals surface area contributed by atoms with Crippen molar-refractivity contribution < 1.29 is 4.74 Å². The lowest BCUT2D eigenvalue weighted by Gasteiger charge is -2.35. The number of ether oxygens (including phenoxy) is 1. The molecule has 20 heavy (non-hydrogen) atoms. The first-order chi connectivity index (χ1) is 9.81. The molecule has 0 bridgehead atoms. The van der Waals surface area contributed by atoms with Crippen LogP contribution in [0.2, 0.25) is 0 Å². The third kappa shape index (κ3) is 3.20. The Balaban J connectivity index is 1.39. The van der Waals surface area contributed by atoms with Crippen molar-refractivity contribution in [1.82, 2.24) is 0 Å². The highest BCUT2D eigenvalue weighted by Crippen LogP contribution is 2.41. The van der Waals surface area contributed by atoms with E-state index in [0.717, 1.165) is 18.9 Å². The topological polar surface area (TPSA) is 35.2 Å². The van der Waals surface area contributed by atoms with Crippen LogP contribution in [0.4, 0.5) is 5.69 Å². The van der Waals surface area contributed by atoms with Crippen LogP contribution in [0.25, 0.3) is 0 Å². The number of benzene rings is 2. The van der Waals surface area contributed by atoms with Gasteiger partial charge in [-0.05, 0) is 47.9 Å². The fourth-order valence-corrected chi connectivity index (χ4v) is 2.83. The van der Waals surface area contributed by atoms with Crippen LogP contribution in [0.15, 0.2) is 54.6 Å². The van der Waals surface area contributed by atoms with Crippen molar-refractivity contribution in [2.45, 2.75) is 25.4 Å². The van der Waals surface area contributed by atoms with Gasteiger partial charge in [0.15, 0.2) is 0 Å². The predicted octanol–water partition coefficient (Wildman–Crippen LogP) is 3.98. The summed E-state index contributed by atoms with van der Waals surface area (Å²) in [6, 6.07) is 18.7. The number of anilines is 1. The van der Waals surface area contributed by atoms with E-state index in [9.17, 15) is 0 Å². The molecule has 0 saturated heterocycles. The van der Waals surface area contributed by atoms with Gasteiger partial charge >= 0.3 is 0 Å². The molecular formula is C18H21NO. The maximum absolute atomic E-state index is 5.81. The lowest BCUT2D eigenvalue weighted by molar-refractivity contribution is 0.0508. The summed E-state index contributed by atoms with van der Waals surface area (Å²) < 4.78 is 5.81. The lowest BCUT2D eigenvalue weighted by Crippen LogP contribution is -2.26. The Morgan fingerprint density at radius 3 is 2.35 bits per heavy atom. The largest absolute Gasteiger partial charge is 0.399 e. The first-order valence-corrected chi connectivity index (χ1v) is 7.28. The molecule has 1 saturated carbocycles. The Hall–Kier alpha value is -1.80. The number of hydrogen-bond acceptors (Lipinski definition) is 2. The number of rotatable bonds is 5. The van der Waals surface area contributed by atoms with Crippen LogP contribution in [-0.4, -0.2) is 6.61 Å². The van der Waals surface area contributed by atoms with Crippen molar-refractivity contribution in [3.63, 3.8) is 0 Å². The average Bonchev–Trinajstić information content (AvgIpc) is 2.44. The van der Waals surface area contributed by atoms with Gasteiger partial charge in [-0.3, -0.25) is 0 Å². The summed E-state index contributed by atoms with van der Waals surface area (Å²) in [4.78, 5) is 0. The Labute approximate surface area is 120 Å². The van der Waals surface area contributed by atoms with Crippen molar-refractivity contribution in [3.8, 4) is 0 Å². The van der Waals surface area contributed by atoms with Gasteiger partial charge in [0.1, 0.15) is 0 Å². The van der Waals surface area contributed by atoms with Crippen LogP contribution in [0, 0.1) is 5.92 Å². The fraction of sp³-hybridized carbons (Fsp3) is 0.333. The van der Waals surface area contributed by atoms with Gasteiger partial charge in [-0.2, -0.15) is 0 Å². The van der Waals surface area contributed by atoms with Crippen molar-refractivity contribution in [1.29, 1.82) is 0 Å². The van der Waals surface area contributed by atoms with Gasteiger partial charge < -0.3 is 10.5 Å². The molecule has 1 aliphatic rings. The van der Waals surface area contributed by atoms with E-state index in [4.69, 9.17) is 10.5 Å². The third-order valence-corrected chi connectivity index (χ3v) is 4.11. The number of nitrogens with two attached hydrogens (primary N) is 1. The molecule has 2 heteroatoms. The van der Waals surface area contributed by atoms with Crippen molar-refractivity contribution in [3.05, 3.63) is 65.7 Å². The van der Waals surface area contributed by atoms with E-state index in [1.165, 1.54) is 24.0 Å². The van der Waals surface area contributed by atoms with E-state index in [1.807, 2.05) is 18.2 Å². The van der Waals surface area contributed by atoms with Crippen molar-refractivity contribution in [2.75, 3.05) is 12.3 Å². The van der Waals surface area contributed by atoms with Crippen molar-refractivity contribution >= 4 is 5.69 Å². The predicted molar refractivity (Wildman–Crippen MR) is 82.4 cm³/mol. The molecule has 0 spiro atoms. The molecule has 2 aromatic carbocycles. The Morgan fingerprint density at radius 2 is 1.65 bits per heavy atom. The maximum Gasteiger partial charge on any atom is 0.0717 e. The minimum atomic E-state index is 0.695. The summed E-state index contributed by atoms with van der Waals surface area (Å²) in [7, 11) is 0. The molecule has 1 fully saturated rings. The molecular weight excluding hydrogens is 246 g/mol. The average molecular weight is 267 g/mol. The molecule has 0 radical (unpaired) electrons. The van der Waals surface area contributed by atoms with E-state index in [0.29, 0.717) is 11.8 Å². The second-order valence-electron chi connectivity index (χ2n) is 5.70. The summed E-state index contributed by atoms with van der Waals surface area (Å²) in [5.41, 5.74) is 9.22. The Kier molecular flexibility index (Phi) is 4.03. The summed E-state index contributed by atoms with van der Waals surface area (Å²) in [6.45, 7) is 1.60. The van der Waals surface area contributed by atoms with Crippen LogP contribution in [0.5, 0.6) is 0 Å². The molecule has 3 rings (SSSR count). The Bertz CT molecular complexity index is 529. The van der Waals surface area contributed by atoms with E-state index in [2.05, 4.69) is 36.4 Å². The third-order valence-electron chi connectivity index (χ3n) is 4.11. The van der Waals surface area contributed by atoms with Crippen LogP contribution >= 0.6 is 0 Å². The van der Waals surface area contributed by atoms with Gasteiger partial charge in [0.2, 0.25) is 0 Å². The smallest absolute Gasteiger partial charge is 0.0717 e. The SMILES string of the molecule is Nc1ccc(C2CC(COCc3ccccc3)C2)cc1. The molecule has 104 valence electrons. The number of nitrogen functional groups attached to an aromatic ring is 1. The zero-order valence-electron chi connectivity index (χ0n) is 11.7. The first-order valence-electron chi connectivity index (χ1n) is 7.28. The Morgan fingerprint density at radius 1 is 0.950 bits per heavy atom. The summed E-state index contributed by atoms with van der Waals surface area (Å²) in [6.07, 6.45) is 2.47. The maximum atomic E-state index is 5.81. The molecule has 0 atom stereocenters. The highest BCUT2D eigenvalue weighted by molar-refractivity contribution is 5.40. The van der Waals surface area contributed by atoms with Crippen LogP contribution in [0.3, 0.4) is 0 Å². The van der Waals surface area contributed by atoms with E-state index in [-0.39, 0.29) is 0 Å². The second kappa shape index (κ2) is 6.10. The summed E-state index contributed by atoms with van der Waals surface area (Å²) >= 11 is 0. The van der Waals surface area contributed by atoms with E-state index >= 15 is 0 Å². The zero-order chi connectivity index (χ0) is 13.8. The van der Waals surface area contributed by atoms with Crippen LogP contribution in [0.1, 0.15) is 29.9 Å². The molecule has 0 unspecified atom stereocenters. The minimum absolute atomic E-state index is 0.695. The van der Waals surface area contributed by atoms with Gasteiger partial charge in [0.25, 0.3) is 0 Å². The molecule has 0 amide bonds. The summed E-state index contributed by atoms with van der Waals surface area (Å²) in [5, 5.41) is 0. The summed E-state index contributed by atoms with van der Waals surface area (Å²) in [5.74, 6) is 1.40. The molecule has 2 aromatic rings. The zero-order valence-corrected chi connectivity index (χ0v) is 11.7. The van der Waals surface area contributed by atoms with Gasteiger partial charge in [0.05, 0.1) is 6.61 Å². The van der Waals surface area contributed by atoms with Gasteiger partial charge in [-0.15, -0.1) is 0 Å². The normalized spacial score (nSPS) is 21.4. The quantitative estimate of drug-likeness (QED) is 0.832. The fourth-order valence-electron chi connectivity index (χ4n) is 2.83. The van der Waals surface area contributed by atoms with Crippen molar-refractivity contribution in [2.24, 2.45) is 5.92 Å². The monoisotopic (exact) mass is 267 g/mol. The molecule has 2 nitrogen and oxygen atoms in total. The van der Waals surface area contributed by atoms with Gasteiger partial charge in [-0.25, -0.2) is 0 Å².